The van der Waals surface area contributed by atoms with E-state index in [-0.39, 0.29) is 35.0 Å². The highest BCUT2D eigenvalue weighted by molar-refractivity contribution is 7.99. The predicted molar refractivity (Wildman–Crippen MR) is 94.9 cm³/mol. The second kappa shape index (κ2) is 6.44. The highest BCUT2D eigenvalue weighted by atomic mass is 32.2. The molecule has 0 saturated carbocycles. The topological polar surface area (TPSA) is 112 Å². The second-order valence-corrected chi connectivity index (χ2v) is 7.66. The summed E-state index contributed by atoms with van der Waals surface area (Å²) in [6.45, 7) is 0. The summed E-state index contributed by atoms with van der Waals surface area (Å²) >= 11 is 1.82. The van der Waals surface area contributed by atoms with E-state index < -0.39 is 11.9 Å². The van der Waals surface area contributed by atoms with Gasteiger partial charge in [0.25, 0.3) is 5.79 Å². The van der Waals surface area contributed by atoms with Crippen LogP contribution < -0.4 is 9.47 Å². The lowest BCUT2D eigenvalue weighted by molar-refractivity contribution is -0.0858. The molecule has 1 fully saturated rings. The Morgan fingerprint density at radius 3 is 2.35 bits per heavy atom. The Kier molecular flexibility index (Phi) is 4.24. The van der Waals surface area contributed by atoms with Crippen LogP contribution in [0.3, 0.4) is 0 Å². The van der Waals surface area contributed by atoms with Crippen LogP contribution in [0.15, 0.2) is 24.5 Å². The van der Waals surface area contributed by atoms with Gasteiger partial charge in [0.15, 0.2) is 11.5 Å². The third-order valence-corrected chi connectivity index (χ3v) is 5.71. The van der Waals surface area contributed by atoms with Crippen LogP contribution in [0.2, 0.25) is 0 Å². The van der Waals surface area contributed by atoms with Gasteiger partial charge in [0.05, 0.1) is 18.5 Å². The Balaban J connectivity index is 1.66. The van der Waals surface area contributed by atoms with Crippen molar-refractivity contribution in [2.45, 2.75) is 31.2 Å². The first-order valence-corrected chi connectivity index (χ1v) is 9.49. The summed E-state index contributed by atoms with van der Waals surface area (Å²) in [5.41, 5.74) is 0.625. The molecule has 4 N–H and O–H groups in total. The van der Waals surface area contributed by atoms with Crippen LogP contribution in [-0.4, -0.2) is 42.7 Å². The summed E-state index contributed by atoms with van der Waals surface area (Å²) < 4.78 is 12.0. The van der Waals surface area contributed by atoms with Crippen molar-refractivity contribution in [3.8, 4) is 28.7 Å². The van der Waals surface area contributed by atoms with Crippen LogP contribution in [-0.2, 0) is 6.42 Å². The molecule has 4 rings (SSSR count). The molecule has 2 aliphatic heterocycles. The van der Waals surface area contributed by atoms with Crippen molar-refractivity contribution in [1.82, 2.24) is 4.98 Å². The minimum Gasteiger partial charge on any atom is -0.506 e. The molecule has 1 unspecified atom stereocenters. The summed E-state index contributed by atoms with van der Waals surface area (Å²) in [5.74, 6) is 1.10. The van der Waals surface area contributed by atoms with Crippen LogP contribution in [0.5, 0.6) is 28.7 Å². The number of ether oxygens (including phenoxy) is 2. The molecule has 1 saturated heterocycles. The molecule has 1 aromatic carbocycles. The zero-order valence-electron chi connectivity index (χ0n) is 13.9. The number of nitrogens with zero attached hydrogens (tertiary/aromatic N) is 1. The second-order valence-electron chi connectivity index (χ2n) is 6.44. The summed E-state index contributed by atoms with van der Waals surface area (Å²) in [4.78, 5) is 3.69. The van der Waals surface area contributed by atoms with Gasteiger partial charge in [-0.2, -0.15) is 11.8 Å². The van der Waals surface area contributed by atoms with Gasteiger partial charge in [0.1, 0.15) is 11.5 Å². The van der Waals surface area contributed by atoms with E-state index in [1.54, 1.807) is 6.07 Å². The van der Waals surface area contributed by atoms with Gasteiger partial charge < -0.3 is 29.9 Å². The van der Waals surface area contributed by atoms with Crippen LogP contribution in [0.1, 0.15) is 30.1 Å². The quantitative estimate of drug-likeness (QED) is 0.645. The highest BCUT2D eigenvalue weighted by Gasteiger charge is 2.45. The van der Waals surface area contributed by atoms with Gasteiger partial charge in [-0.05, 0) is 12.1 Å². The standard InChI is InChI=1S/C18H19NO6S/c20-12-2-1-10(13(21)7-11-14(22)8-19-9-15(11)23)16-17(12)25-18(24-16)3-5-26-6-4-18/h1-2,8-9,13,20-23H,3-7H2. The number of aromatic hydroxyl groups is 3. The largest absolute Gasteiger partial charge is 0.506 e. The normalized spacial score (nSPS) is 18.8. The molecule has 2 aliphatic rings. The molecule has 3 heterocycles. The van der Waals surface area contributed by atoms with E-state index in [9.17, 15) is 20.4 Å². The SMILES string of the molecule is Oc1cncc(O)c1CC(O)c1ccc(O)c2c1OC1(CCSCC1)O2. The predicted octanol–water partition coefficient (Wildman–Crippen LogP) is 2.47. The number of fused-ring (bicyclic) bond motifs is 1. The number of phenols is 1. The number of phenolic OH excluding ortho intramolecular Hbond substituents is 1. The van der Waals surface area contributed by atoms with Gasteiger partial charge in [-0.3, -0.25) is 4.98 Å². The number of benzene rings is 1. The molecular weight excluding hydrogens is 358 g/mol. The minimum atomic E-state index is -1.07. The van der Waals surface area contributed by atoms with E-state index in [4.69, 9.17) is 9.47 Å². The number of aromatic nitrogens is 1. The lowest BCUT2D eigenvalue weighted by Crippen LogP contribution is -2.42. The number of pyridine rings is 1. The molecule has 0 radical (unpaired) electrons. The summed E-state index contributed by atoms with van der Waals surface area (Å²) in [5, 5.41) is 40.6. The third kappa shape index (κ3) is 2.89. The van der Waals surface area contributed by atoms with Gasteiger partial charge in [0, 0.05) is 41.9 Å². The fraction of sp³-hybridized carbons (Fsp3) is 0.389. The molecule has 7 nitrogen and oxygen atoms in total. The number of rotatable bonds is 3. The maximum absolute atomic E-state index is 10.7. The Hall–Kier alpha value is -2.32. The van der Waals surface area contributed by atoms with Crippen LogP contribution in [0.25, 0.3) is 0 Å². The summed E-state index contributed by atoms with van der Waals surface area (Å²) in [6.07, 6.45) is 2.68. The average molecular weight is 377 g/mol. The van der Waals surface area contributed by atoms with Crippen molar-refractivity contribution in [3.05, 3.63) is 35.7 Å². The lowest BCUT2D eigenvalue weighted by atomic mass is 9.99. The maximum atomic E-state index is 10.7. The smallest absolute Gasteiger partial charge is 0.253 e. The van der Waals surface area contributed by atoms with E-state index in [0.717, 1.165) is 11.5 Å². The van der Waals surface area contributed by atoms with Gasteiger partial charge >= 0.3 is 0 Å². The van der Waals surface area contributed by atoms with Crippen molar-refractivity contribution >= 4 is 11.8 Å². The van der Waals surface area contributed by atoms with Crippen molar-refractivity contribution in [2.75, 3.05) is 11.5 Å². The van der Waals surface area contributed by atoms with Gasteiger partial charge in [-0.25, -0.2) is 0 Å². The van der Waals surface area contributed by atoms with Gasteiger partial charge in [-0.1, -0.05) is 0 Å². The Morgan fingerprint density at radius 1 is 1.00 bits per heavy atom. The number of thioether (sulfide) groups is 1. The first-order valence-electron chi connectivity index (χ1n) is 8.33. The van der Waals surface area contributed by atoms with Crippen LogP contribution in [0.4, 0.5) is 0 Å². The van der Waals surface area contributed by atoms with E-state index in [1.807, 2.05) is 11.8 Å². The average Bonchev–Trinajstić information content (AvgIpc) is 2.98. The lowest BCUT2D eigenvalue weighted by Gasteiger charge is -2.31. The van der Waals surface area contributed by atoms with Crippen molar-refractivity contribution in [3.63, 3.8) is 0 Å². The Morgan fingerprint density at radius 2 is 1.65 bits per heavy atom. The van der Waals surface area contributed by atoms with E-state index in [0.29, 0.717) is 24.2 Å². The van der Waals surface area contributed by atoms with E-state index in [1.165, 1.54) is 18.5 Å². The highest BCUT2D eigenvalue weighted by Crippen LogP contribution is 2.52. The molecule has 1 atom stereocenters. The number of aliphatic hydroxyl groups is 1. The first kappa shape index (κ1) is 17.1. The number of aliphatic hydroxyl groups excluding tert-OH is 1. The Bertz CT molecular complexity index is 816. The summed E-state index contributed by atoms with van der Waals surface area (Å²) in [6, 6.07) is 3.01. The van der Waals surface area contributed by atoms with Crippen LogP contribution in [0, 0.1) is 0 Å². The van der Waals surface area contributed by atoms with Crippen molar-refractivity contribution < 1.29 is 29.9 Å². The minimum absolute atomic E-state index is 0.0381. The van der Waals surface area contributed by atoms with Crippen LogP contribution >= 0.6 is 11.8 Å². The van der Waals surface area contributed by atoms with Gasteiger partial charge in [0.2, 0.25) is 5.75 Å². The molecule has 26 heavy (non-hydrogen) atoms. The monoisotopic (exact) mass is 377 g/mol. The Labute approximate surface area is 154 Å². The zero-order valence-corrected chi connectivity index (χ0v) is 14.7. The van der Waals surface area contributed by atoms with E-state index in [2.05, 4.69) is 4.98 Å². The molecule has 138 valence electrons. The molecule has 0 bridgehead atoms. The van der Waals surface area contributed by atoms with Crippen molar-refractivity contribution in [1.29, 1.82) is 0 Å². The molecule has 1 aromatic heterocycles. The first-order chi connectivity index (χ1) is 12.5. The molecule has 0 amide bonds. The summed E-state index contributed by atoms with van der Waals surface area (Å²) in [7, 11) is 0. The number of hydrogen-bond donors (Lipinski definition) is 4. The third-order valence-electron chi connectivity index (χ3n) is 4.72. The zero-order chi connectivity index (χ0) is 18.3. The molecule has 2 aromatic rings. The van der Waals surface area contributed by atoms with E-state index >= 15 is 0 Å². The fourth-order valence-corrected chi connectivity index (χ4v) is 4.41. The molecule has 0 aliphatic carbocycles. The molecule has 1 spiro atoms. The molecular formula is C18H19NO6S. The maximum Gasteiger partial charge on any atom is 0.253 e. The van der Waals surface area contributed by atoms with Gasteiger partial charge in [-0.15, -0.1) is 0 Å². The molecule has 8 heteroatoms. The van der Waals surface area contributed by atoms with Crippen molar-refractivity contribution in [2.24, 2.45) is 0 Å². The number of hydrogen-bond acceptors (Lipinski definition) is 8. The fourth-order valence-electron chi connectivity index (χ4n) is 3.29.